The van der Waals surface area contributed by atoms with Crippen molar-refractivity contribution in [2.24, 2.45) is 0 Å². The first kappa shape index (κ1) is 11.1. The van der Waals surface area contributed by atoms with Crippen molar-refractivity contribution in [3.8, 4) is 0 Å². The quantitative estimate of drug-likeness (QED) is 0.727. The second-order valence-corrected chi connectivity index (χ2v) is 3.23. The maximum absolute atomic E-state index is 9.05. The van der Waals surface area contributed by atoms with Crippen LogP contribution in [0.4, 0.5) is 0 Å². The van der Waals surface area contributed by atoms with E-state index in [9.17, 15) is 0 Å². The van der Waals surface area contributed by atoms with Crippen LogP contribution in [0.25, 0.3) is 0 Å². The molecule has 0 aliphatic carbocycles. The Morgan fingerprint density at radius 2 is 2.29 bits per heavy atom. The lowest BCUT2D eigenvalue weighted by molar-refractivity contribution is 0.180. The molecule has 1 atom stereocenters. The van der Waals surface area contributed by atoms with E-state index in [2.05, 4.69) is 10.1 Å². The van der Waals surface area contributed by atoms with Crippen LogP contribution >= 0.6 is 0 Å². The SMILES string of the molecule is COCCc1noc(CCC(C)O)n1. The van der Waals surface area contributed by atoms with Crippen LogP contribution in [-0.2, 0) is 17.6 Å². The molecule has 0 amide bonds. The molecule has 0 radical (unpaired) electrons. The molecule has 1 rings (SSSR count). The maximum Gasteiger partial charge on any atom is 0.226 e. The van der Waals surface area contributed by atoms with E-state index in [0.717, 1.165) is 0 Å². The van der Waals surface area contributed by atoms with Gasteiger partial charge in [0.1, 0.15) is 0 Å². The molecule has 0 aromatic carbocycles. The first-order chi connectivity index (χ1) is 6.72. The number of nitrogens with zero attached hydrogens (tertiary/aromatic N) is 2. The standard InChI is InChI=1S/C9H16N2O3/c1-7(12)3-4-9-10-8(11-14-9)5-6-13-2/h7,12H,3-6H2,1-2H3. The number of hydrogen-bond acceptors (Lipinski definition) is 5. The lowest BCUT2D eigenvalue weighted by Gasteiger charge is -1.98. The summed E-state index contributed by atoms with van der Waals surface area (Å²) in [4.78, 5) is 4.15. The number of rotatable bonds is 6. The van der Waals surface area contributed by atoms with Gasteiger partial charge in [0.25, 0.3) is 0 Å². The Bertz CT molecular complexity index is 260. The smallest absolute Gasteiger partial charge is 0.226 e. The molecule has 1 unspecified atom stereocenters. The number of aryl methyl sites for hydroxylation is 1. The van der Waals surface area contributed by atoms with Gasteiger partial charge < -0.3 is 14.4 Å². The topological polar surface area (TPSA) is 68.4 Å². The van der Waals surface area contributed by atoms with E-state index in [0.29, 0.717) is 37.6 Å². The van der Waals surface area contributed by atoms with Crippen molar-refractivity contribution in [1.82, 2.24) is 10.1 Å². The fourth-order valence-corrected chi connectivity index (χ4v) is 1.02. The number of aliphatic hydroxyl groups excluding tert-OH is 1. The predicted molar refractivity (Wildman–Crippen MR) is 49.9 cm³/mol. The summed E-state index contributed by atoms with van der Waals surface area (Å²) in [5.41, 5.74) is 0. The van der Waals surface area contributed by atoms with E-state index < -0.39 is 0 Å². The maximum atomic E-state index is 9.05. The van der Waals surface area contributed by atoms with Gasteiger partial charge in [-0.05, 0) is 13.3 Å². The number of methoxy groups -OCH3 is 1. The van der Waals surface area contributed by atoms with Gasteiger partial charge in [-0.15, -0.1) is 0 Å². The molecule has 0 saturated heterocycles. The average molecular weight is 200 g/mol. The van der Waals surface area contributed by atoms with E-state index in [-0.39, 0.29) is 6.10 Å². The molecule has 0 bridgehead atoms. The summed E-state index contributed by atoms with van der Waals surface area (Å²) in [6.07, 6.45) is 1.60. The van der Waals surface area contributed by atoms with Crippen molar-refractivity contribution in [3.05, 3.63) is 11.7 Å². The summed E-state index contributed by atoms with van der Waals surface area (Å²) < 4.78 is 9.88. The molecular weight excluding hydrogens is 184 g/mol. The third-order valence-electron chi connectivity index (χ3n) is 1.82. The zero-order chi connectivity index (χ0) is 10.4. The van der Waals surface area contributed by atoms with Crippen LogP contribution in [0, 0.1) is 0 Å². The second kappa shape index (κ2) is 5.72. The van der Waals surface area contributed by atoms with Crippen molar-refractivity contribution in [2.45, 2.75) is 32.3 Å². The van der Waals surface area contributed by atoms with Gasteiger partial charge in [0.05, 0.1) is 12.7 Å². The lowest BCUT2D eigenvalue weighted by Crippen LogP contribution is -2.02. The van der Waals surface area contributed by atoms with E-state index in [1.165, 1.54) is 0 Å². The van der Waals surface area contributed by atoms with Gasteiger partial charge in [0, 0.05) is 20.0 Å². The number of hydrogen-bond donors (Lipinski definition) is 1. The van der Waals surface area contributed by atoms with Crippen LogP contribution in [0.5, 0.6) is 0 Å². The Labute approximate surface area is 83.1 Å². The highest BCUT2D eigenvalue weighted by Crippen LogP contribution is 2.03. The fourth-order valence-electron chi connectivity index (χ4n) is 1.02. The highest BCUT2D eigenvalue weighted by atomic mass is 16.5. The fraction of sp³-hybridized carbons (Fsp3) is 0.778. The molecule has 0 spiro atoms. The van der Waals surface area contributed by atoms with Crippen LogP contribution in [-0.4, -0.2) is 35.1 Å². The summed E-state index contributed by atoms with van der Waals surface area (Å²) in [6, 6.07) is 0. The third-order valence-corrected chi connectivity index (χ3v) is 1.82. The Kier molecular flexibility index (Phi) is 4.55. The Morgan fingerprint density at radius 1 is 1.50 bits per heavy atom. The van der Waals surface area contributed by atoms with Crippen LogP contribution in [0.1, 0.15) is 25.1 Å². The van der Waals surface area contributed by atoms with Crippen molar-refractivity contribution < 1.29 is 14.4 Å². The average Bonchev–Trinajstić information content (AvgIpc) is 2.59. The van der Waals surface area contributed by atoms with E-state index in [1.54, 1.807) is 14.0 Å². The van der Waals surface area contributed by atoms with Crippen molar-refractivity contribution in [2.75, 3.05) is 13.7 Å². The lowest BCUT2D eigenvalue weighted by atomic mass is 10.2. The minimum absolute atomic E-state index is 0.329. The van der Waals surface area contributed by atoms with E-state index in [4.69, 9.17) is 14.4 Å². The van der Waals surface area contributed by atoms with Gasteiger partial charge in [0.15, 0.2) is 5.82 Å². The molecule has 1 N–H and O–H groups in total. The third kappa shape index (κ3) is 3.85. The number of aromatic nitrogens is 2. The molecule has 1 heterocycles. The van der Waals surface area contributed by atoms with Crippen LogP contribution in [0.15, 0.2) is 4.52 Å². The summed E-state index contributed by atoms with van der Waals surface area (Å²) in [5.74, 6) is 1.24. The second-order valence-electron chi connectivity index (χ2n) is 3.23. The Hall–Kier alpha value is -0.940. The molecule has 0 aliphatic rings. The summed E-state index contributed by atoms with van der Waals surface area (Å²) in [6.45, 7) is 2.33. The molecule has 1 aromatic heterocycles. The molecule has 14 heavy (non-hydrogen) atoms. The molecule has 1 aromatic rings. The van der Waals surface area contributed by atoms with Gasteiger partial charge in [-0.1, -0.05) is 5.16 Å². The molecule has 0 saturated carbocycles. The summed E-state index contributed by atoms with van der Waals surface area (Å²) in [5, 5.41) is 12.8. The molecule has 0 fully saturated rings. The van der Waals surface area contributed by atoms with Crippen LogP contribution in [0.3, 0.4) is 0 Å². The minimum atomic E-state index is -0.329. The first-order valence-corrected chi connectivity index (χ1v) is 4.71. The highest BCUT2D eigenvalue weighted by molar-refractivity contribution is 4.86. The zero-order valence-electron chi connectivity index (χ0n) is 8.56. The first-order valence-electron chi connectivity index (χ1n) is 4.71. The zero-order valence-corrected chi connectivity index (χ0v) is 8.56. The van der Waals surface area contributed by atoms with E-state index in [1.807, 2.05) is 0 Å². The molecule has 80 valence electrons. The summed E-state index contributed by atoms with van der Waals surface area (Å²) >= 11 is 0. The van der Waals surface area contributed by atoms with Crippen molar-refractivity contribution >= 4 is 0 Å². The number of ether oxygens (including phenoxy) is 1. The normalized spacial score (nSPS) is 13.1. The minimum Gasteiger partial charge on any atom is -0.393 e. The summed E-state index contributed by atoms with van der Waals surface area (Å²) in [7, 11) is 1.63. The van der Waals surface area contributed by atoms with E-state index >= 15 is 0 Å². The largest absolute Gasteiger partial charge is 0.393 e. The Balaban J connectivity index is 2.35. The molecule has 0 aliphatic heterocycles. The predicted octanol–water partition coefficient (Wildman–Crippen LogP) is 0.572. The molecule has 5 heteroatoms. The van der Waals surface area contributed by atoms with Gasteiger partial charge in [-0.3, -0.25) is 0 Å². The van der Waals surface area contributed by atoms with Crippen LogP contribution in [0.2, 0.25) is 0 Å². The Morgan fingerprint density at radius 3 is 2.93 bits per heavy atom. The van der Waals surface area contributed by atoms with Gasteiger partial charge in [0.2, 0.25) is 5.89 Å². The monoisotopic (exact) mass is 200 g/mol. The molecular formula is C9H16N2O3. The van der Waals surface area contributed by atoms with Gasteiger partial charge in [-0.25, -0.2) is 0 Å². The van der Waals surface area contributed by atoms with Crippen molar-refractivity contribution in [3.63, 3.8) is 0 Å². The van der Waals surface area contributed by atoms with Gasteiger partial charge in [-0.2, -0.15) is 4.98 Å². The van der Waals surface area contributed by atoms with Crippen molar-refractivity contribution in [1.29, 1.82) is 0 Å². The van der Waals surface area contributed by atoms with Crippen LogP contribution < -0.4 is 0 Å². The highest BCUT2D eigenvalue weighted by Gasteiger charge is 2.06. The number of aliphatic hydroxyl groups is 1. The van der Waals surface area contributed by atoms with Gasteiger partial charge >= 0.3 is 0 Å². The molecule has 5 nitrogen and oxygen atoms in total.